The van der Waals surface area contributed by atoms with Crippen molar-refractivity contribution < 1.29 is 0 Å². The van der Waals surface area contributed by atoms with Crippen LogP contribution in [-0.4, -0.2) is 14.5 Å². The van der Waals surface area contributed by atoms with Gasteiger partial charge >= 0.3 is 0 Å². The molecule has 1 atom stereocenters. The third kappa shape index (κ3) is 3.85. The lowest BCUT2D eigenvalue weighted by molar-refractivity contribution is 0.777. The normalized spacial score (nSPS) is 15.1. The third-order valence-corrected chi connectivity index (χ3v) is 11.9. The first-order valence-electron chi connectivity index (χ1n) is 18.6. The van der Waals surface area contributed by atoms with Gasteiger partial charge in [-0.2, -0.15) is 0 Å². The van der Waals surface area contributed by atoms with Crippen molar-refractivity contribution in [2.45, 2.75) is 5.41 Å². The van der Waals surface area contributed by atoms with Crippen LogP contribution in [0.5, 0.6) is 0 Å². The Kier molecular flexibility index (Phi) is 5.98. The van der Waals surface area contributed by atoms with E-state index in [-0.39, 0.29) is 0 Å². The number of fused-ring (bicyclic) bond motifs is 16. The standard InChI is InChI=1S/C51H31N3/c1-2-13-33-30-47-42(28-32(33)12-1)39-17-6-8-20-45(39)51(47)44-19-7-5-16-38(44)36-14-3-4-15-37(36)40-24-22-35(31-46(40)51)34-23-25-48-43(29-34)41-18-11-27-53-50(41)54(48)49-21-9-10-26-52-49/h1-31H. The van der Waals surface area contributed by atoms with Crippen LogP contribution in [0.25, 0.3) is 83.0 Å². The highest BCUT2D eigenvalue weighted by molar-refractivity contribution is 6.09. The van der Waals surface area contributed by atoms with Crippen LogP contribution in [0.3, 0.4) is 0 Å². The number of pyridine rings is 2. The zero-order valence-corrected chi connectivity index (χ0v) is 29.2. The number of aromatic nitrogens is 3. The average molecular weight is 686 g/mol. The van der Waals surface area contributed by atoms with Gasteiger partial charge in [0.05, 0.1) is 10.9 Å². The van der Waals surface area contributed by atoms with Crippen LogP contribution in [0.2, 0.25) is 0 Å². The first kappa shape index (κ1) is 29.5. The number of nitrogens with zero attached hydrogens (tertiary/aromatic N) is 3. The van der Waals surface area contributed by atoms with Crippen LogP contribution in [0, 0.1) is 0 Å². The Morgan fingerprint density at radius 1 is 0.370 bits per heavy atom. The highest BCUT2D eigenvalue weighted by Gasteiger charge is 2.50. The largest absolute Gasteiger partial charge is 0.278 e. The number of hydrogen-bond acceptors (Lipinski definition) is 2. The molecule has 3 heterocycles. The van der Waals surface area contributed by atoms with Crippen molar-refractivity contribution in [1.82, 2.24) is 14.5 Å². The van der Waals surface area contributed by atoms with E-state index in [0.717, 1.165) is 27.8 Å². The molecule has 0 saturated heterocycles. The average Bonchev–Trinajstić information content (AvgIpc) is 3.69. The molecular formula is C51H31N3. The summed E-state index contributed by atoms with van der Waals surface area (Å²) in [5.74, 6) is 0.861. The van der Waals surface area contributed by atoms with Crippen LogP contribution >= 0.6 is 0 Å². The molecule has 0 aliphatic heterocycles. The van der Waals surface area contributed by atoms with Gasteiger partial charge in [-0.3, -0.25) is 4.57 Å². The molecule has 3 heteroatoms. The van der Waals surface area contributed by atoms with E-state index in [0.29, 0.717) is 0 Å². The molecule has 0 saturated carbocycles. The summed E-state index contributed by atoms with van der Waals surface area (Å²) in [6, 6.07) is 65.1. The lowest BCUT2D eigenvalue weighted by atomic mass is 9.65. The molecule has 0 N–H and O–H groups in total. The summed E-state index contributed by atoms with van der Waals surface area (Å²) in [5.41, 5.74) is 16.7. The van der Waals surface area contributed by atoms with Crippen molar-refractivity contribution >= 4 is 32.7 Å². The van der Waals surface area contributed by atoms with Crippen LogP contribution in [0.4, 0.5) is 0 Å². The summed E-state index contributed by atoms with van der Waals surface area (Å²) < 4.78 is 2.17. The fraction of sp³-hybridized carbons (Fsp3) is 0.0196. The third-order valence-electron chi connectivity index (χ3n) is 11.9. The second kappa shape index (κ2) is 11.0. The van der Waals surface area contributed by atoms with Gasteiger partial charge in [0.15, 0.2) is 0 Å². The van der Waals surface area contributed by atoms with Gasteiger partial charge in [-0.05, 0) is 132 Å². The van der Waals surface area contributed by atoms with Crippen molar-refractivity contribution in [1.29, 1.82) is 0 Å². The second-order valence-corrected chi connectivity index (χ2v) is 14.5. The molecule has 2 aliphatic carbocycles. The van der Waals surface area contributed by atoms with Gasteiger partial charge in [-0.1, -0.05) is 121 Å². The summed E-state index contributed by atoms with van der Waals surface area (Å²) in [6.45, 7) is 0. The Labute approximate surface area is 312 Å². The zero-order valence-electron chi connectivity index (χ0n) is 29.2. The molecule has 1 spiro atoms. The quantitative estimate of drug-likeness (QED) is 0.181. The van der Waals surface area contributed by atoms with Crippen molar-refractivity contribution in [3.63, 3.8) is 0 Å². The summed E-state index contributed by atoms with van der Waals surface area (Å²) >= 11 is 0. The summed E-state index contributed by atoms with van der Waals surface area (Å²) in [5, 5.41) is 4.78. The van der Waals surface area contributed by atoms with Crippen LogP contribution < -0.4 is 0 Å². The Balaban J connectivity index is 1.19. The van der Waals surface area contributed by atoms with Crippen molar-refractivity contribution in [2.24, 2.45) is 0 Å². The minimum atomic E-state index is -0.556. The second-order valence-electron chi connectivity index (χ2n) is 14.5. The fourth-order valence-electron chi connectivity index (χ4n) is 9.70. The van der Waals surface area contributed by atoms with Gasteiger partial charge < -0.3 is 0 Å². The molecule has 10 aromatic rings. The lowest BCUT2D eigenvalue weighted by Crippen LogP contribution is -2.29. The fourth-order valence-corrected chi connectivity index (χ4v) is 9.70. The first-order valence-corrected chi connectivity index (χ1v) is 18.6. The molecule has 0 radical (unpaired) electrons. The van der Waals surface area contributed by atoms with Gasteiger partial charge in [-0.15, -0.1) is 0 Å². The minimum absolute atomic E-state index is 0.556. The Hall–Kier alpha value is -7.10. The van der Waals surface area contributed by atoms with E-state index < -0.39 is 5.41 Å². The zero-order chi connectivity index (χ0) is 35.4. The molecule has 3 nitrogen and oxygen atoms in total. The number of hydrogen-bond donors (Lipinski definition) is 0. The maximum Gasteiger partial charge on any atom is 0.146 e. The summed E-state index contributed by atoms with van der Waals surface area (Å²) in [6.07, 6.45) is 3.71. The number of rotatable bonds is 2. The van der Waals surface area contributed by atoms with Gasteiger partial charge in [0.25, 0.3) is 0 Å². The number of benzene rings is 7. The topological polar surface area (TPSA) is 30.7 Å². The Morgan fingerprint density at radius 3 is 1.72 bits per heavy atom. The van der Waals surface area contributed by atoms with E-state index in [1.165, 1.54) is 77.5 Å². The van der Waals surface area contributed by atoms with Gasteiger partial charge in [0.1, 0.15) is 11.5 Å². The van der Waals surface area contributed by atoms with Crippen LogP contribution in [-0.2, 0) is 5.41 Å². The van der Waals surface area contributed by atoms with E-state index in [1.54, 1.807) is 0 Å². The SMILES string of the molecule is c1ccc(-n2c3ccc(-c4ccc5c(c4)C4(c6ccccc6-c6ccccc6-5)c5ccccc5-c5cc6ccccc6cc54)cc3c3cccnc32)nc1. The first-order chi connectivity index (χ1) is 26.8. The predicted octanol–water partition coefficient (Wildman–Crippen LogP) is 12.4. The highest BCUT2D eigenvalue weighted by Crippen LogP contribution is 2.62. The molecule has 0 fully saturated rings. The maximum absolute atomic E-state index is 4.84. The molecule has 0 amide bonds. The van der Waals surface area contributed by atoms with Gasteiger partial charge in [0, 0.05) is 23.2 Å². The van der Waals surface area contributed by atoms with E-state index in [4.69, 9.17) is 9.97 Å². The van der Waals surface area contributed by atoms with Gasteiger partial charge in [0.2, 0.25) is 0 Å². The molecule has 7 aromatic carbocycles. The molecule has 250 valence electrons. The smallest absolute Gasteiger partial charge is 0.146 e. The van der Waals surface area contributed by atoms with E-state index in [2.05, 4.69) is 156 Å². The lowest BCUT2D eigenvalue weighted by Gasteiger charge is -2.35. The molecule has 1 unspecified atom stereocenters. The molecule has 12 rings (SSSR count). The van der Waals surface area contributed by atoms with Crippen molar-refractivity contribution in [3.8, 4) is 50.3 Å². The summed E-state index contributed by atoms with van der Waals surface area (Å²) in [7, 11) is 0. The molecular weight excluding hydrogens is 655 g/mol. The van der Waals surface area contributed by atoms with Crippen molar-refractivity contribution in [3.05, 3.63) is 211 Å². The molecule has 54 heavy (non-hydrogen) atoms. The Morgan fingerprint density at radius 2 is 0.963 bits per heavy atom. The molecule has 2 aliphatic rings. The summed E-state index contributed by atoms with van der Waals surface area (Å²) in [4.78, 5) is 9.56. The maximum atomic E-state index is 4.84. The molecule has 0 bridgehead atoms. The van der Waals surface area contributed by atoms with Crippen LogP contribution in [0.1, 0.15) is 22.3 Å². The predicted molar refractivity (Wildman–Crippen MR) is 221 cm³/mol. The van der Waals surface area contributed by atoms with E-state index in [9.17, 15) is 0 Å². The minimum Gasteiger partial charge on any atom is -0.278 e. The molecule has 3 aromatic heterocycles. The van der Waals surface area contributed by atoms with Crippen molar-refractivity contribution in [2.75, 3.05) is 0 Å². The monoisotopic (exact) mass is 685 g/mol. The highest BCUT2D eigenvalue weighted by atomic mass is 15.1. The van der Waals surface area contributed by atoms with Crippen LogP contribution in [0.15, 0.2) is 188 Å². The Bertz CT molecular complexity index is 3170. The van der Waals surface area contributed by atoms with E-state index >= 15 is 0 Å². The van der Waals surface area contributed by atoms with E-state index in [1.807, 2.05) is 36.7 Å². The van der Waals surface area contributed by atoms with Gasteiger partial charge in [-0.25, -0.2) is 9.97 Å².